The summed E-state index contributed by atoms with van der Waals surface area (Å²) in [5.41, 5.74) is -0.0742. The van der Waals surface area contributed by atoms with Gasteiger partial charge in [-0.2, -0.15) is 5.10 Å². The van der Waals surface area contributed by atoms with Gasteiger partial charge in [0.1, 0.15) is 12.7 Å². The lowest BCUT2D eigenvalue weighted by Gasteiger charge is -2.42. The number of halogens is 2. The maximum Gasteiger partial charge on any atom is 0.137 e. The SMILES string of the molecule is C[C@]1(CCl)CCC(Cc2ccc(Cl)cc2)[C@]1(O)Cn1cncn1. The first-order chi connectivity index (χ1) is 11.0. The molecular formula is C17H21Cl2N3O. The van der Waals surface area contributed by atoms with Crippen molar-refractivity contribution < 1.29 is 5.11 Å². The molecule has 3 atom stereocenters. The third kappa shape index (κ3) is 3.12. The minimum absolute atomic E-state index is 0.122. The van der Waals surface area contributed by atoms with Gasteiger partial charge < -0.3 is 5.11 Å². The number of nitrogens with zero attached hydrogens (tertiary/aromatic N) is 3. The lowest BCUT2D eigenvalue weighted by Crippen LogP contribution is -2.51. The van der Waals surface area contributed by atoms with Crippen molar-refractivity contribution in [2.45, 2.75) is 38.3 Å². The summed E-state index contributed by atoms with van der Waals surface area (Å²) in [5.74, 6) is 0.548. The van der Waals surface area contributed by atoms with Gasteiger partial charge in [-0.3, -0.25) is 4.68 Å². The van der Waals surface area contributed by atoms with Gasteiger partial charge in [-0.15, -0.1) is 11.6 Å². The highest BCUT2D eigenvalue weighted by molar-refractivity contribution is 6.30. The predicted octanol–water partition coefficient (Wildman–Crippen LogP) is 3.56. The van der Waals surface area contributed by atoms with Crippen molar-refractivity contribution in [2.24, 2.45) is 11.3 Å². The first kappa shape index (κ1) is 16.7. The van der Waals surface area contributed by atoms with E-state index < -0.39 is 5.60 Å². The monoisotopic (exact) mass is 353 g/mol. The minimum Gasteiger partial charge on any atom is -0.387 e. The maximum absolute atomic E-state index is 11.6. The third-order valence-corrected chi connectivity index (χ3v) is 6.17. The van der Waals surface area contributed by atoms with Crippen LogP contribution in [0.2, 0.25) is 5.02 Å². The molecule has 0 amide bonds. The molecule has 1 saturated carbocycles. The molecular weight excluding hydrogens is 333 g/mol. The lowest BCUT2D eigenvalue weighted by molar-refractivity contribution is -0.0891. The van der Waals surface area contributed by atoms with E-state index in [-0.39, 0.29) is 11.3 Å². The van der Waals surface area contributed by atoms with Gasteiger partial charge >= 0.3 is 0 Å². The lowest BCUT2D eigenvalue weighted by atomic mass is 9.72. The molecule has 0 spiro atoms. The normalized spacial score (nSPS) is 30.7. The second-order valence-electron chi connectivity index (χ2n) is 6.78. The largest absolute Gasteiger partial charge is 0.387 e. The fraction of sp³-hybridized carbons (Fsp3) is 0.529. The Bertz CT molecular complexity index is 646. The fourth-order valence-corrected chi connectivity index (χ4v) is 4.17. The van der Waals surface area contributed by atoms with Crippen molar-refractivity contribution in [3.05, 3.63) is 47.5 Å². The second kappa shape index (κ2) is 6.42. The first-order valence-electron chi connectivity index (χ1n) is 7.82. The van der Waals surface area contributed by atoms with E-state index in [2.05, 4.69) is 17.0 Å². The zero-order valence-electron chi connectivity index (χ0n) is 13.1. The average molecular weight is 354 g/mol. The summed E-state index contributed by atoms with van der Waals surface area (Å²) in [6.07, 6.45) is 5.78. The average Bonchev–Trinajstić information content (AvgIpc) is 3.12. The molecule has 1 N–H and O–H groups in total. The molecule has 0 aliphatic heterocycles. The predicted molar refractivity (Wildman–Crippen MR) is 91.7 cm³/mol. The molecule has 1 aliphatic carbocycles. The second-order valence-corrected chi connectivity index (χ2v) is 7.48. The van der Waals surface area contributed by atoms with Crippen molar-refractivity contribution in [1.82, 2.24) is 14.8 Å². The molecule has 3 rings (SSSR count). The van der Waals surface area contributed by atoms with Gasteiger partial charge in [-0.25, -0.2) is 4.98 Å². The van der Waals surface area contributed by atoms with E-state index in [0.29, 0.717) is 12.4 Å². The molecule has 1 fully saturated rings. The summed E-state index contributed by atoms with van der Waals surface area (Å²) in [6.45, 7) is 2.48. The summed E-state index contributed by atoms with van der Waals surface area (Å²) in [6, 6.07) is 7.83. The van der Waals surface area contributed by atoms with Crippen LogP contribution in [0, 0.1) is 11.3 Å². The Labute approximate surface area is 146 Å². The molecule has 1 unspecified atom stereocenters. The standard InChI is InChI=1S/C17H21Cl2N3O/c1-16(9-18)7-6-14(8-13-2-4-15(19)5-3-13)17(16,23)10-22-12-20-11-21-22/h2-5,11-12,14,23H,6-10H2,1H3/t14?,16-,17-/m1/s1. The van der Waals surface area contributed by atoms with E-state index in [9.17, 15) is 5.11 Å². The Morgan fingerprint density at radius 3 is 2.70 bits per heavy atom. The van der Waals surface area contributed by atoms with Crippen LogP contribution in [0.1, 0.15) is 25.3 Å². The molecule has 124 valence electrons. The summed E-state index contributed by atoms with van der Waals surface area (Å²) in [7, 11) is 0. The maximum atomic E-state index is 11.6. The van der Waals surface area contributed by atoms with Gasteiger partial charge in [0.2, 0.25) is 0 Å². The molecule has 2 aromatic rings. The van der Waals surface area contributed by atoms with Crippen LogP contribution in [0.3, 0.4) is 0 Å². The van der Waals surface area contributed by atoms with Crippen LogP contribution in [-0.2, 0) is 13.0 Å². The quantitative estimate of drug-likeness (QED) is 0.836. The summed E-state index contributed by atoms with van der Waals surface area (Å²) in [5, 5.41) is 16.4. The van der Waals surface area contributed by atoms with Crippen LogP contribution in [0.5, 0.6) is 0 Å². The van der Waals surface area contributed by atoms with Crippen LogP contribution < -0.4 is 0 Å². The number of hydrogen-bond donors (Lipinski definition) is 1. The van der Waals surface area contributed by atoms with Crippen LogP contribution in [0.15, 0.2) is 36.9 Å². The fourth-order valence-electron chi connectivity index (χ4n) is 3.68. The Morgan fingerprint density at radius 1 is 1.35 bits per heavy atom. The summed E-state index contributed by atoms with van der Waals surface area (Å²) < 4.78 is 1.70. The number of hydrogen-bond acceptors (Lipinski definition) is 3. The van der Waals surface area contributed by atoms with Crippen LogP contribution in [0.4, 0.5) is 0 Å². The van der Waals surface area contributed by atoms with Gasteiger partial charge in [-0.1, -0.05) is 30.7 Å². The highest BCUT2D eigenvalue weighted by Crippen LogP contribution is 2.52. The van der Waals surface area contributed by atoms with Gasteiger partial charge in [0.05, 0.1) is 12.1 Å². The van der Waals surface area contributed by atoms with Crippen LogP contribution in [0.25, 0.3) is 0 Å². The zero-order chi connectivity index (χ0) is 16.5. The topological polar surface area (TPSA) is 50.9 Å². The van der Waals surface area contributed by atoms with Gasteiger partial charge in [-0.05, 0) is 42.9 Å². The summed E-state index contributed by atoms with van der Waals surface area (Å²) in [4.78, 5) is 3.98. The molecule has 6 heteroatoms. The van der Waals surface area contributed by atoms with Gasteiger partial charge in [0, 0.05) is 16.3 Å². The van der Waals surface area contributed by atoms with Crippen molar-refractivity contribution in [2.75, 3.05) is 5.88 Å². The number of aliphatic hydroxyl groups is 1. The first-order valence-corrected chi connectivity index (χ1v) is 8.73. The van der Waals surface area contributed by atoms with E-state index in [1.54, 1.807) is 11.0 Å². The van der Waals surface area contributed by atoms with Crippen molar-refractivity contribution >= 4 is 23.2 Å². The number of rotatable bonds is 5. The highest BCUT2D eigenvalue weighted by Gasteiger charge is 2.56. The molecule has 1 aliphatic rings. The Morgan fingerprint density at radius 2 is 2.09 bits per heavy atom. The Kier molecular flexibility index (Phi) is 4.68. The summed E-state index contributed by atoms with van der Waals surface area (Å²) >= 11 is 12.2. The Balaban J connectivity index is 1.87. The number of aromatic nitrogens is 3. The molecule has 4 nitrogen and oxygen atoms in total. The van der Waals surface area contributed by atoms with E-state index in [1.165, 1.54) is 11.9 Å². The smallest absolute Gasteiger partial charge is 0.137 e. The third-order valence-electron chi connectivity index (χ3n) is 5.33. The molecule has 1 aromatic heterocycles. The van der Waals surface area contributed by atoms with E-state index in [1.807, 2.05) is 24.3 Å². The zero-order valence-corrected chi connectivity index (χ0v) is 14.6. The highest BCUT2D eigenvalue weighted by atomic mass is 35.5. The minimum atomic E-state index is -0.915. The molecule has 1 aromatic carbocycles. The van der Waals surface area contributed by atoms with Crippen molar-refractivity contribution in [3.8, 4) is 0 Å². The van der Waals surface area contributed by atoms with Crippen molar-refractivity contribution in [1.29, 1.82) is 0 Å². The molecule has 1 heterocycles. The van der Waals surface area contributed by atoms with E-state index >= 15 is 0 Å². The number of benzene rings is 1. The molecule has 0 bridgehead atoms. The van der Waals surface area contributed by atoms with E-state index in [0.717, 1.165) is 24.3 Å². The van der Waals surface area contributed by atoms with Crippen LogP contribution >= 0.6 is 23.2 Å². The van der Waals surface area contributed by atoms with E-state index in [4.69, 9.17) is 23.2 Å². The van der Waals surface area contributed by atoms with Crippen molar-refractivity contribution in [3.63, 3.8) is 0 Å². The van der Waals surface area contributed by atoms with Crippen LogP contribution in [-0.4, -0.2) is 31.4 Å². The molecule has 0 radical (unpaired) electrons. The number of alkyl halides is 1. The Hall–Kier alpha value is -1.10. The molecule has 23 heavy (non-hydrogen) atoms. The van der Waals surface area contributed by atoms with Gasteiger partial charge in [0.25, 0.3) is 0 Å². The molecule has 0 saturated heterocycles. The van der Waals surface area contributed by atoms with Gasteiger partial charge in [0.15, 0.2) is 0 Å².